The van der Waals surface area contributed by atoms with Crippen LogP contribution in [0.5, 0.6) is 5.75 Å². The van der Waals surface area contributed by atoms with E-state index in [0.717, 1.165) is 12.1 Å². The van der Waals surface area contributed by atoms with Crippen molar-refractivity contribution < 1.29 is 4.74 Å². The lowest BCUT2D eigenvalue weighted by Gasteiger charge is -2.08. The van der Waals surface area contributed by atoms with Crippen LogP contribution in [0.1, 0.15) is 5.69 Å². The molecule has 100 valence electrons. The van der Waals surface area contributed by atoms with E-state index in [-0.39, 0.29) is 5.56 Å². The van der Waals surface area contributed by atoms with Gasteiger partial charge >= 0.3 is 0 Å². The SMILES string of the molecule is NCCc1ccc(OCCn2ccccc2=O)cn1. The molecule has 0 bridgehead atoms. The Bertz CT molecular complexity index is 563. The van der Waals surface area contributed by atoms with Gasteiger partial charge in [0.15, 0.2) is 0 Å². The summed E-state index contributed by atoms with van der Waals surface area (Å²) in [6.07, 6.45) is 4.19. The van der Waals surface area contributed by atoms with Gasteiger partial charge in [0.2, 0.25) is 0 Å². The van der Waals surface area contributed by atoms with Crippen LogP contribution >= 0.6 is 0 Å². The standard InChI is InChI=1S/C14H17N3O2/c15-7-6-12-4-5-13(11-16-12)19-10-9-17-8-2-1-3-14(17)18/h1-5,8,11H,6-7,9-10,15H2. The Morgan fingerprint density at radius 2 is 2.16 bits per heavy atom. The fourth-order valence-electron chi connectivity index (χ4n) is 1.70. The van der Waals surface area contributed by atoms with Gasteiger partial charge in [0.05, 0.1) is 12.7 Å². The lowest BCUT2D eigenvalue weighted by molar-refractivity contribution is 0.295. The zero-order valence-corrected chi connectivity index (χ0v) is 10.7. The highest BCUT2D eigenvalue weighted by molar-refractivity contribution is 5.19. The summed E-state index contributed by atoms with van der Waals surface area (Å²) < 4.78 is 7.15. The molecule has 0 aliphatic heterocycles. The Balaban J connectivity index is 1.86. The van der Waals surface area contributed by atoms with E-state index in [0.29, 0.717) is 25.4 Å². The van der Waals surface area contributed by atoms with E-state index in [2.05, 4.69) is 4.98 Å². The lowest BCUT2D eigenvalue weighted by atomic mass is 10.3. The van der Waals surface area contributed by atoms with E-state index < -0.39 is 0 Å². The van der Waals surface area contributed by atoms with Gasteiger partial charge in [0.1, 0.15) is 12.4 Å². The summed E-state index contributed by atoms with van der Waals surface area (Å²) in [4.78, 5) is 15.7. The molecule has 2 heterocycles. The lowest BCUT2D eigenvalue weighted by Crippen LogP contribution is -2.21. The van der Waals surface area contributed by atoms with Gasteiger partial charge in [-0.25, -0.2) is 0 Å². The van der Waals surface area contributed by atoms with Gasteiger partial charge in [-0.2, -0.15) is 0 Å². The van der Waals surface area contributed by atoms with Crippen LogP contribution in [0.2, 0.25) is 0 Å². The smallest absolute Gasteiger partial charge is 0.250 e. The molecule has 0 fully saturated rings. The quantitative estimate of drug-likeness (QED) is 0.834. The number of aromatic nitrogens is 2. The first-order valence-electron chi connectivity index (χ1n) is 6.23. The molecule has 0 unspecified atom stereocenters. The van der Waals surface area contributed by atoms with Crippen molar-refractivity contribution in [2.45, 2.75) is 13.0 Å². The van der Waals surface area contributed by atoms with Crippen molar-refractivity contribution >= 4 is 0 Å². The molecule has 0 atom stereocenters. The van der Waals surface area contributed by atoms with Crippen molar-refractivity contribution in [2.24, 2.45) is 5.73 Å². The van der Waals surface area contributed by atoms with Crippen LogP contribution in [0.3, 0.4) is 0 Å². The molecule has 0 aromatic carbocycles. The number of hydrogen-bond acceptors (Lipinski definition) is 4. The normalized spacial score (nSPS) is 10.4. The molecule has 0 aliphatic rings. The van der Waals surface area contributed by atoms with Crippen molar-refractivity contribution in [2.75, 3.05) is 13.2 Å². The van der Waals surface area contributed by atoms with Crippen LogP contribution < -0.4 is 16.0 Å². The summed E-state index contributed by atoms with van der Waals surface area (Å²) in [5.41, 5.74) is 6.38. The van der Waals surface area contributed by atoms with Crippen LogP contribution in [-0.2, 0) is 13.0 Å². The Labute approximate surface area is 111 Å². The minimum absolute atomic E-state index is 0.0254. The van der Waals surface area contributed by atoms with E-state index in [1.54, 1.807) is 23.0 Å². The summed E-state index contributed by atoms with van der Waals surface area (Å²) >= 11 is 0. The fourth-order valence-corrected chi connectivity index (χ4v) is 1.70. The number of nitrogens with two attached hydrogens (primary N) is 1. The Hall–Kier alpha value is -2.14. The average Bonchev–Trinajstić information content (AvgIpc) is 2.43. The average molecular weight is 259 g/mol. The van der Waals surface area contributed by atoms with Crippen molar-refractivity contribution in [1.82, 2.24) is 9.55 Å². The second kappa shape index (κ2) is 6.70. The Morgan fingerprint density at radius 3 is 2.84 bits per heavy atom. The van der Waals surface area contributed by atoms with E-state index in [4.69, 9.17) is 10.5 Å². The molecule has 2 aromatic heterocycles. The van der Waals surface area contributed by atoms with Crippen molar-refractivity contribution in [3.05, 3.63) is 58.8 Å². The maximum atomic E-state index is 11.5. The number of ether oxygens (including phenoxy) is 1. The zero-order valence-electron chi connectivity index (χ0n) is 10.7. The number of pyridine rings is 2. The zero-order chi connectivity index (χ0) is 13.5. The third kappa shape index (κ3) is 3.93. The maximum absolute atomic E-state index is 11.5. The molecule has 0 saturated heterocycles. The fraction of sp³-hybridized carbons (Fsp3) is 0.286. The van der Waals surface area contributed by atoms with Crippen molar-refractivity contribution in [1.29, 1.82) is 0 Å². The summed E-state index contributed by atoms with van der Waals surface area (Å²) in [5, 5.41) is 0. The molecular weight excluding hydrogens is 242 g/mol. The Kier molecular flexibility index (Phi) is 4.69. The van der Waals surface area contributed by atoms with Gasteiger partial charge in [0.25, 0.3) is 5.56 Å². The van der Waals surface area contributed by atoms with Crippen LogP contribution in [0.15, 0.2) is 47.5 Å². The second-order valence-electron chi connectivity index (χ2n) is 4.10. The van der Waals surface area contributed by atoms with Gasteiger partial charge in [0, 0.05) is 24.4 Å². The topological polar surface area (TPSA) is 70.1 Å². The molecule has 0 spiro atoms. The van der Waals surface area contributed by atoms with E-state index in [1.165, 1.54) is 6.07 Å². The number of hydrogen-bond donors (Lipinski definition) is 1. The van der Waals surface area contributed by atoms with Gasteiger partial charge in [-0.1, -0.05) is 6.07 Å². The predicted octanol–water partition coefficient (Wildman–Crippen LogP) is 0.823. The van der Waals surface area contributed by atoms with E-state index in [1.807, 2.05) is 18.2 Å². The van der Waals surface area contributed by atoms with Gasteiger partial charge < -0.3 is 15.0 Å². The second-order valence-corrected chi connectivity index (χ2v) is 4.10. The first-order valence-corrected chi connectivity index (χ1v) is 6.23. The minimum atomic E-state index is -0.0254. The summed E-state index contributed by atoms with van der Waals surface area (Å²) in [6, 6.07) is 8.84. The molecule has 19 heavy (non-hydrogen) atoms. The highest BCUT2D eigenvalue weighted by Crippen LogP contribution is 2.09. The largest absolute Gasteiger partial charge is 0.490 e. The first-order chi connectivity index (χ1) is 9.29. The van der Waals surface area contributed by atoms with Gasteiger partial charge in [-0.15, -0.1) is 0 Å². The molecule has 2 aromatic rings. The van der Waals surface area contributed by atoms with Crippen LogP contribution in [0.25, 0.3) is 0 Å². The molecule has 2 N–H and O–H groups in total. The van der Waals surface area contributed by atoms with Crippen molar-refractivity contribution in [3.8, 4) is 5.75 Å². The van der Waals surface area contributed by atoms with Crippen LogP contribution in [0, 0.1) is 0 Å². The summed E-state index contributed by atoms with van der Waals surface area (Å²) in [5.74, 6) is 0.699. The van der Waals surface area contributed by atoms with Crippen LogP contribution in [0.4, 0.5) is 0 Å². The number of rotatable bonds is 6. The molecular formula is C14H17N3O2. The third-order valence-electron chi connectivity index (χ3n) is 2.70. The minimum Gasteiger partial charge on any atom is -0.490 e. The highest BCUT2D eigenvalue weighted by atomic mass is 16.5. The first kappa shape index (κ1) is 13.3. The predicted molar refractivity (Wildman–Crippen MR) is 73.2 cm³/mol. The molecule has 0 saturated carbocycles. The van der Waals surface area contributed by atoms with E-state index >= 15 is 0 Å². The van der Waals surface area contributed by atoms with E-state index in [9.17, 15) is 4.79 Å². The van der Waals surface area contributed by atoms with Crippen molar-refractivity contribution in [3.63, 3.8) is 0 Å². The van der Waals surface area contributed by atoms with Gasteiger partial charge in [-0.3, -0.25) is 9.78 Å². The van der Waals surface area contributed by atoms with Crippen LogP contribution in [-0.4, -0.2) is 22.7 Å². The summed E-state index contributed by atoms with van der Waals surface area (Å²) in [7, 11) is 0. The third-order valence-corrected chi connectivity index (χ3v) is 2.70. The molecule has 0 amide bonds. The molecule has 5 nitrogen and oxygen atoms in total. The highest BCUT2D eigenvalue weighted by Gasteiger charge is 1.98. The molecule has 2 rings (SSSR count). The molecule has 5 heteroatoms. The van der Waals surface area contributed by atoms with Gasteiger partial charge in [-0.05, 0) is 24.7 Å². The monoisotopic (exact) mass is 259 g/mol. The molecule has 0 aliphatic carbocycles. The molecule has 0 radical (unpaired) electrons. The maximum Gasteiger partial charge on any atom is 0.250 e. The number of nitrogens with zero attached hydrogens (tertiary/aromatic N) is 2. The summed E-state index contributed by atoms with van der Waals surface area (Å²) in [6.45, 7) is 1.54. The Morgan fingerprint density at radius 1 is 1.26 bits per heavy atom.